The van der Waals surface area contributed by atoms with E-state index in [4.69, 9.17) is 5.73 Å². The third kappa shape index (κ3) is 5.59. The van der Waals surface area contributed by atoms with Gasteiger partial charge in [0, 0.05) is 29.5 Å². The summed E-state index contributed by atoms with van der Waals surface area (Å²) in [5, 5.41) is 14.0. The van der Waals surface area contributed by atoms with E-state index in [-0.39, 0.29) is 11.7 Å². The monoisotopic (exact) mass is 265 g/mol. The second-order valence-corrected chi connectivity index (χ2v) is 5.44. The van der Waals surface area contributed by atoms with E-state index in [0.717, 1.165) is 12.8 Å². The van der Waals surface area contributed by atoms with Gasteiger partial charge in [0.1, 0.15) is 0 Å². The number of non-ortho nitro benzene ring substituents is 1. The van der Waals surface area contributed by atoms with Crippen LogP contribution in [-0.4, -0.2) is 11.0 Å². The van der Waals surface area contributed by atoms with Crippen LogP contribution in [0.5, 0.6) is 0 Å². The van der Waals surface area contributed by atoms with Crippen LogP contribution in [-0.2, 0) is 0 Å². The first-order chi connectivity index (χ1) is 8.88. The fourth-order valence-electron chi connectivity index (χ4n) is 2.01. The van der Waals surface area contributed by atoms with Gasteiger partial charge in [0.25, 0.3) is 5.69 Å². The van der Waals surface area contributed by atoms with Gasteiger partial charge in [-0.15, -0.1) is 0 Å². The van der Waals surface area contributed by atoms with Gasteiger partial charge in [0.15, 0.2) is 0 Å². The fourth-order valence-corrected chi connectivity index (χ4v) is 2.01. The molecule has 5 heteroatoms. The van der Waals surface area contributed by atoms with Crippen molar-refractivity contribution < 1.29 is 4.92 Å². The van der Waals surface area contributed by atoms with Crippen molar-refractivity contribution in [2.75, 3.05) is 11.1 Å². The molecule has 3 N–H and O–H groups in total. The third-order valence-corrected chi connectivity index (χ3v) is 2.98. The quantitative estimate of drug-likeness (QED) is 0.446. The largest absolute Gasteiger partial charge is 0.398 e. The Labute approximate surface area is 114 Å². The first-order valence-corrected chi connectivity index (χ1v) is 6.70. The molecule has 0 aromatic heterocycles. The Morgan fingerprint density at radius 3 is 2.53 bits per heavy atom. The molecule has 1 aromatic carbocycles. The summed E-state index contributed by atoms with van der Waals surface area (Å²) in [5.41, 5.74) is 6.81. The van der Waals surface area contributed by atoms with Gasteiger partial charge in [-0.05, 0) is 25.3 Å². The van der Waals surface area contributed by atoms with Crippen molar-refractivity contribution in [1.29, 1.82) is 0 Å². The molecule has 0 spiro atoms. The van der Waals surface area contributed by atoms with E-state index in [0.29, 0.717) is 17.3 Å². The molecule has 0 bridgehead atoms. The molecule has 0 heterocycles. The van der Waals surface area contributed by atoms with E-state index < -0.39 is 4.92 Å². The number of nitro benzene ring substituents is 1. The number of benzene rings is 1. The van der Waals surface area contributed by atoms with Gasteiger partial charge < -0.3 is 11.1 Å². The number of nitrogens with two attached hydrogens (primary N) is 1. The lowest BCUT2D eigenvalue weighted by Crippen LogP contribution is -2.15. The Balaban J connectivity index is 2.58. The lowest BCUT2D eigenvalue weighted by molar-refractivity contribution is -0.384. The molecule has 106 valence electrons. The number of nitrogen functional groups attached to an aromatic ring is 1. The summed E-state index contributed by atoms with van der Waals surface area (Å²) < 4.78 is 0. The zero-order chi connectivity index (χ0) is 14.4. The summed E-state index contributed by atoms with van der Waals surface area (Å²) in [6.45, 7) is 6.49. The van der Waals surface area contributed by atoms with Crippen molar-refractivity contribution in [3.63, 3.8) is 0 Å². The number of anilines is 2. The zero-order valence-electron chi connectivity index (χ0n) is 11.8. The molecule has 5 nitrogen and oxygen atoms in total. The maximum Gasteiger partial charge on any atom is 0.273 e. The summed E-state index contributed by atoms with van der Waals surface area (Å²) in [7, 11) is 0. The van der Waals surface area contributed by atoms with Gasteiger partial charge in [-0.2, -0.15) is 0 Å². The van der Waals surface area contributed by atoms with Crippen LogP contribution in [0.4, 0.5) is 17.1 Å². The number of hydrogen-bond acceptors (Lipinski definition) is 4. The molecule has 0 aliphatic rings. The van der Waals surface area contributed by atoms with Crippen molar-refractivity contribution >= 4 is 17.1 Å². The van der Waals surface area contributed by atoms with Crippen LogP contribution < -0.4 is 11.1 Å². The molecule has 0 fully saturated rings. The molecular weight excluding hydrogens is 242 g/mol. The minimum atomic E-state index is -0.426. The molecule has 1 rings (SSSR count). The number of hydrogen-bond donors (Lipinski definition) is 2. The maximum atomic E-state index is 10.8. The molecule has 1 aromatic rings. The second-order valence-electron chi connectivity index (χ2n) is 5.44. The van der Waals surface area contributed by atoms with Gasteiger partial charge in [0.05, 0.1) is 4.92 Å². The molecule has 0 saturated carbocycles. The molecule has 19 heavy (non-hydrogen) atoms. The number of nitrogens with zero attached hydrogens (tertiary/aromatic N) is 1. The van der Waals surface area contributed by atoms with Gasteiger partial charge in [-0.1, -0.05) is 26.7 Å². The smallest absolute Gasteiger partial charge is 0.273 e. The van der Waals surface area contributed by atoms with Crippen LogP contribution in [0.1, 0.15) is 40.0 Å². The van der Waals surface area contributed by atoms with Crippen molar-refractivity contribution in [1.82, 2.24) is 0 Å². The number of rotatable bonds is 7. The van der Waals surface area contributed by atoms with Gasteiger partial charge >= 0.3 is 0 Å². The maximum absolute atomic E-state index is 10.8. The number of nitrogens with one attached hydrogen (secondary N) is 1. The topological polar surface area (TPSA) is 81.2 Å². The highest BCUT2D eigenvalue weighted by Crippen LogP contribution is 2.23. The standard InChI is InChI=1S/C14H23N3O2/c1-10(2)5-4-6-11(3)16-13-7-12(15)8-14(9-13)17(18)19/h7-11,16H,4-6,15H2,1-3H3. The van der Waals surface area contributed by atoms with Gasteiger partial charge in [-0.3, -0.25) is 10.1 Å². The summed E-state index contributed by atoms with van der Waals surface area (Å²) in [6, 6.07) is 4.90. The Morgan fingerprint density at radius 1 is 1.26 bits per heavy atom. The van der Waals surface area contributed by atoms with Crippen molar-refractivity contribution in [3.05, 3.63) is 28.3 Å². The van der Waals surface area contributed by atoms with Crippen molar-refractivity contribution in [3.8, 4) is 0 Å². The molecular formula is C14H23N3O2. The highest BCUT2D eigenvalue weighted by molar-refractivity contribution is 5.61. The first kappa shape index (κ1) is 15.3. The second kappa shape index (κ2) is 6.97. The summed E-state index contributed by atoms with van der Waals surface area (Å²) in [5.74, 6) is 0.709. The van der Waals surface area contributed by atoms with Crippen LogP contribution >= 0.6 is 0 Å². The highest BCUT2D eigenvalue weighted by atomic mass is 16.6. The molecule has 0 radical (unpaired) electrons. The SMILES string of the molecule is CC(C)CCCC(C)Nc1cc(N)cc([N+](=O)[O-])c1. The molecule has 0 amide bonds. The Kier molecular flexibility index (Phi) is 5.60. The third-order valence-electron chi connectivity index (χ3n) is 2.98. The Morgan fingerprint density at radius 2 is 1.95 bits per heavy atom. The summed E-state index contributed by atoms with van der Waals surface area (Å²) >= 11 is 0. The molecule has 0 saturated heterocycles. The van der Waals surface area contributed by atoms with E-state index >= 15 is 0 Å². The molecule has 1 unspecified atom stereocenters. The Hall–Kier alpha value is -1.78. The summed E-state index contributed by atoms with van der Waals surface area (Å²) in [4.78, 5) is 10.3. The Bertz CT molecular complexity index is 433. The lowest BCUT2D eigenvalue weighted by atomic mass is 10.0. The van der Waals surface area contributed by atoms with E-state index in [9.17, 15) is 10.1 Å². The minimum Gasteiger partial charge on any atom is -0.398 e. The predicted octanol–water partition coefficient (Wildman–Crippen LogP) is 3.80. The summed E-state index contributed by atoms with van der Waals surface area (Å²) in [6.07, 6.45) is 3.39. The average molecular weight is 265 g/mol. The van der Waals surface area contributed by atoms with Crippen LogP contribution in [0.2, 0.25) is 0 Å². The fraction of sp³-hybridized carbons (Fsp3) is 0.571. The van der Waals surface area contributed by atoms with Crippen LogP contribution in [0, 0.1) is 16.0 Å². The van der Waals surface area contributed by atoms with E-state index in [1.165, 1.54) is 18.6 Å². The average Bonchev–Trinajstić information content (AvgIpc) is 2.27. The number of nitro groups is 1. The van der Waals surface area contributed by atoms with Crippen LogP contribution in [0.3, 0.4) is 0 Å². The van der Waals surface area contributed by atoms with Crippen molar-refractivity contribution in [2.24, 2.45) is 5.92 Å². The van der Waals surface area contributed by atoms with Gasteiger partial charge in [0.2, 0.25) is 0 Å². The lowest BCUT2D eigenvalue weighted by Gasteiger charge is -2.16. The normalized spacial score (nSPS) is 12.4. The van der Waals surface area contributed by atoms with Crippen LogP contribution in [0.25, 0.3) is 0 Å². The first-order valence-electron chi connectivity index (χ1n) is 6.70. The molecule has 0 aliphatic heterocycles. The predicted molar refractivity (Wildman–Crippen MR) is 79.3 cm³/mol. The van der Waals surface area contributed by atoms with E-state index in [1.54, 1.807) is 6.07 Å². The highest BCUT2D eigenvalue weighted by Gasteiger charge is 2.10. The minimum absolute atomic E-state index is 0.0249. The van der Waals surface area contributed by atoms with E-state index in [1.807, 2.05) is 0 Å². The van der Waals surface area contributed by atoms with Gasteiger partial charge in [-0.25, -0.2) is 0 Å². The van der Waals surface area contributed by atoms with Crippen LogP contribution in [0.15, 0.2) is 18.2 Å². The zero-order valence-corrected chi connectivity index (χ0v) is 11.8. The van der Waals surface area contributed by atoms with E-state index in [2.05, 4.69) is 26.1 Å². The molecule has 0 aliphatic carbocycles. The van der Waals surface area contributed by atoms with Crippen molar-refractivity contribution in [2.45, 2.75) is 46.1 Å². The molecule has 1 atom stereocenters.